The van der Waals surface area contributed by atoms with Crippen LogP contribution in [-0.4, -0.2) is 22.9 Å². The van der Waals surface area contributed by atoms with Crippen LogP contribution in [0.15, 0.2) is 0 Å². The molecule has 18 heavy (non-hydrogen) atoms. The molecule has 0 fully saturated rings. The first-order chi connectivity index (χ1) is 8.56. The third-order valence-corrected chi connectivity index (χ3v) is 3.28. The van der Waals surface area contributed by atoms with Crippen molar-refractivity contribution in [2.75, 3.05) is 13.1 Å². The molecule has 1 N–H and O–H groups in total. The van der Waals surface area contributed by atoms with Crippen molar-refractivity contribution in [3.8, 4) is 0 Å². The van der Waals surface area contributed by atoms with Crippen LogP contribution in [0.3, 0.4) is 0 Å². The maximum atomic E-state index is 4.66. The molecule has 1 rings (SSSR count). The van der Waals surface area contributed by atoms with Crippen molar-refractivity contribution in [3.63, 3.8) is 0 Å². The largest absolute Gasteiger partial charge is 0.317 e. The van der Waals surface area contributed by atoms with E-state index in [0.29, 0.717) is 5.92 Å². The normalized spacial score (nSPS) is 11.4. The molecule has 0 spiro atoms. The Kier molecular flexibility index (Phi) is 6.41. The van der Waals surface area contributed by atoms with Crippen LogP contribution in [0.5, 0.6) is 0 Å². The van der Waals surface area contributed by atoms with Crippen molar-refractivity contribution < 1.29 is 0 Å². The number of aromatic nitrogens is 2. The standard InChI is InChI=1S/C15H29N3/c1-6-9-16-10-7-8-15-13(4)17-18(14(15)5)11-12(2)3/h12,16H,6-11H2,1-5H3. The fourth-order valence-electron chi connectivity index (χ4n) is 2.31. The molecule has 1 aromatic rings. The Morgan fingerprint density at radius 2 is 1.94 bits per heavy atom. The Morgan fingerprint density at radius 3 is 2.56 bits per heavy atom. The summed E-state index contributed by atoms with van der Waals surface area (Å²) in [5.41, 5.74) is 4.02. The average Bonchev–Trinajstić information content (AvgIpc) is 2.55. The number of aryl methyl sites for hydroxylation is 1. The summed E-state index contributed by atoms with van der Waals surface area (Å²) in [6.45, 7) is 14.3. The van der Waals surface area contributed by atoms with Crippen LogP contribution in [0.1, 0.15) is 50.6 Å². The van der Waals surface area contributed by atoms with E-state index in [1.807, 2.05) is 0 Å². The summed E-state index contributed by atoms with van der Waals surface area (Å²) in [5, 5.41) is 8.12. The number of hydrogen-bond donors (Lipinski definition) is 1. The van der Waals surface area contributed by atoms with Gasteiger partial charge >= 0.3 is 0 Å². The van der Waals surface area contributed by atoms with E-state index in [0.717, 1.165) is 26.1 Å². The molecule has 0 amide bonds. The first kappa shape index (κ1) is 15.2. The molecule has 0 atom stereocenters. The molecule has 1 aromatic heterocycles. The van der Waals surface area contributed by atoms with Gasteiger partial charge in [0.25, 0.3) is 0 Å². The molecule has 0 aliphatic rings. The highest BCUT2D eigenvalue weighted by Gasteiger charge is 2.11. The highest BCUT2D eigenvalue weighted by Crippen LogP contribution is 2.16. The second kappa shape index (κ2) is 7.57. The van der Waals surface area contributed by atoms with E-state index in [1.165, 1.54) is 29.8 Å². The van der Waals surface area contributed by atoms with Gasteiger partial charge in [-0.1, -0.05) is 20.8 Å². The van der Waals surface area contributed by atoms with Gasteiger partial charge < -0.3 is 5.32 Å². The third-order valence-electron chi connectivity index (χ3n) is 3.28. The Bertz CT molecular complexity index is 353. The molecule has 3 nitrogen and oxygen atoms in total. The first-order valence-corrected chi connectivity index (χ1v) is 7.29. The molecular formula is C15H29N3. The molecule has 3 heteroatoms. The Hall–Kier alpha value is -0.830. The zero-order valence-corrected chi connectivity index (χ0v) is 12.7. The summed E-state index contributed by atoms with van der Waals surface area (Å²) in [6, 6.07) is 0. The maximum Gasteiger partial charge on any atom is 0.0628 e. The zero-order chi connectivity index (χ0) is 13.5. The predicted molar refractivity (Wildman–Crippen MR) is 78.0 cm³/mol. The lowest BCUT2D eigenvalue weighted by Crippen LogP contribution is -2.16. The third kappa shape index (κ3) is 4.45. The van der Waals surface area contributed by atoms with E-state index in [4.69, 9.17) is 0 Å². The maximum absolute atomic E-state index is 4.66. The molecule has 1 heterocycles. The van der Waals surface area contributed by atoms with Crippen molar-refractivity contribution in [1.29, 1.82) is 0 Å². The Balaban J connectivity index is 2.52. The summed E-state index contributed by atoms with van der Waals surface area (Å²) >= 11 is 0. The second-order valence-corrected chi connectivity index (χ2v) is 5.58. The quantitative estimate of drug-likeness (QED) is 0.720. The minimum Gasteiger partial charge on any atom is -0.317 e. The molecule has 0 aliphatic carbocycles. The zero-order valence-electron chi connectivity index (χ0n) is 12.7. The van der Waals surface area contributed by atoms with Crippen LogP contribution >= 0.6 is 0 Å². The van der Waals surface area contributed by atoms with Gasteiger partial charge in [-0.3, -0.25) is 4.68 Å². The first-order valence-electron chi connectivity index (χ1n) is 7.29. The number of nitrogens with zero attached hydrogens (tertiary/aromatic N) is 2. The van der Waals surface area contributed by atoms with Gasteiger partial charge in [0.1, 0.15) is 0 Å². The van der Waals surface area contributed by atoms with Gasteiger partial charge in [0.2, 0.25) is 0 Å². The summed E-state index contributed by atoms with van der Waals surface area (Å²) in [7, 11) is 0. The van der Waals surface area contributed by atoms with Gasteiger partial charge in [0, 0.05) is 12.2 Å². The molecule has 0 radical (unpaired) electrons. The molecule has 0 saturated heterocycles. The van der Waals surface area contributed by atoms with Crippen LogP contribution in [-0.2, 0) is 13.0 Å². The van der Waals surface area contributed by atoms with Gasteiger partial charge in [-0.2, -0.15) is 5.10 Å². The summed E-state index contributed by atoms with van der Waals surface area (Å²) < 4.78 is 2.18. The Labute approximate surface area is 112 Å². The van der Waals surface area contributed by atoms with Crippen LogP contribution in [0.25, 0.3) is 0 Å². The van der Waals surface area contributed by atoms with E-state index in [9.17, 15) is 0 Å². The minimum atomic E-state index is 0.655. The van der Waals surface area contributed by atoms with Gasteiger partial charge in [-0.25, -0.2) is 0 Å². The monoisotopic (exact) mass is 251 g/mol. The number of nitrogens with one attached hydrogen (secondary N) is 1. The molecule has 0 aromatic carbocycles. The van der Waals surface area contributed by atoms with Crippen molar-refractivity contribution >= 4 is 0 Å². The lowest BCUT2D eigenvalue weighted by atomic mass is 10.1. The van der Waals surface area contributed by atoms with E-state index in [2.05, 4.69) is 49.7 Å². The molecule has 0 saturated carbocycles. The topological polar surface area (TPSA) is 29.9 Å². The molecular weight excluding hydrogens is 222 g/mol. The van der Waals surface area contributed by atoms with Crippen molar-refractivity contribution in [3.05, 3.63) is 17.0 Å². The molecule has 104 valence electrons. The lowest BCUT2D eigenvalue weighted by Gasteiger charge is -2.08. The number of hydrogen-bond acceptors (Lipinski definition) is 2. The van der Waals surface area contributed by atoms with Gasteiger partial charge in [0.05, 0.1) is 5.69 Å². The van der Waals surface area contributed by atoms with E-state index in [-0.39, 0.29) is 0 Å². The highest BCUT2D eigenvalue weighted by molar-refractivity contribution is 5.24. The minimum absolute atomic E-state index is 0.655. The SMILES string of the molecule is CCCNCCCc1c(C)nn(CC(C)C)c1C. The van der Waals surface area contributed by atoms with Crippen molar-refractivity contribution in [2.24, 2.45) is 5.92 Å². The van der Waals surface area contributed by atoms with Gasteiger partial charge in [0.15, 0.2) is 0 Å². The van der Waals surface area contributed by atoms with E-state index in [1.54, 1.807) is 0 Å². The highest BCUT2D eigenvalue weighted by atomic mass is 15.3. The predicted octanol–water partition coefficient (Wildman–Crippen LogP) is 3.09. The van der Waals surface area contributed by atoms with Gasteiger partial charge in [-0.05, 0) is 57.7 Å². The lowest BCUT2D eigenvalue weighted by molar-refractivity contribution is 0.472. The van der Waals surface area contributed by atoms with Crippen molar-refractivity contribution in [1.82, 2.24) is 15.1 Å². The summed E-state index contributed by atoms with van der Waals surface area (Å²) in [5.74, 6) is 0.655. The summed E-state index contributed by atoms with van der Waals surface area (Å²) in [6.07, 6.45) is 3.56. The average molecular weight is 251 g/mol. The van der Waals surface area contributed by atoms with Crippen LogP contribution in [0.2, 0.25) is 0 Å². The number of rotatable bonds is 8. The molecule has 0 unspecified atom stereocenters. The fourth-order valence-corrected chi connectivity index (χ4v) is 2.31. The second-order valence-electron chi connectivity index (χ2n) is 5.58. The smallest absolute Gasteiger partial charge is 0.0628 e. The molecule has 0 bridgehead atoms. The fraction of sp³-hybridized carbons (Fsp3) is 0.800. The molecule has 0 aliphatic heterocycles. The van der Waals surface area contributed by atoms with Crippen LogP contribution in [0.4, 0.5) is 0 Å². The summed E-state index contributed by atoms with van der Waals surface area (Å²) in [4.78, 5) is 0. The van der Waals surface area contributed by atoms with Crippen LogP contribution in [0, 0.1) is 19.8 Å². The van der Waals surface area contributed by atoms with E-state index >= 15 is 0 Å². The van der Waals surface area contributed by atoms with Crippen LogP contribution < -0.4 is 5.32 Å². The van der Waals surface area contributed by atoms with Crippen molar-refractivity contribution in [2.45, 2.75) is 60.4 Å². The van der Waals surface area contributed by atoms with Gasteiger partial charge in [-0.15, -0.1) is 0 Å². The van der Waals surface area contributed by atoms with E-state index < -0.39 is 0 Å². The Morgan fingerprint density at radius 1 is 1.22 bits per heavy atom.